The fourth-order valence-corrected chi connectivity index (χ4v) is 2.59. The smallest absolute Gasteiger partial charge is 0.338 e. The third-order valence-corrected chi connectivity index (χ3v) is 3.88. The third kappa shape index (κ3) is 3.32. The predicted molar refractivity (Wildman–Crippen MR) is 84.6 cm³/mol. The summed E-state index contributed by atoms with van der Waals surface area (Å²) in [5.74, 6) is -0.969. The fourth-order valence-electron chi connectivity index (χ4n) is 1.93. The molecule has 1 atom stereocenters. The van der Waals surface area contributed by atoms with Crippen LogP contribution in [0, 0.1) is 0 Å². The summed E-state index contributed by atoms with van der Waals surface area (Å²) in [5.41, 5.74) is 1.84. The molecule has 104 valence electrons. The highest BCUT2D eigenvalue weighted by Gasteiger charge is 2.15. The summed E-state index contributed by atoms with van der Waals surface area (Å²) in [6.45, 7) is 1.97. The molecule has 2 aromatic rings. The van der Waals surface area contributed by atoms with E-state index in [-0.39, 0.29) is 11.6 Å². The van der Waals surface area contributed by atoms with Gasteiger partial charge < -0.3 is 10.4 Å². The van der Waals surface area contributed by atoms with Crippen LogP contribution in [-0.4, -0.2) is 11.1 Å². The molecule has 2 N–H and O–H groups in total. The summed E-state index contributed by atoms with van der Waals surface area (Å²) in [6, 6.07) is 12.7. The van der Waals surface area contributed by atoms with Crippen molar-refractivity contribution in [3.63, 3.8) is 0 Å². The molecule has 0 bridgehead atoms. The lowest BCUT2D eigenvalue weighted by molar-refractivity contribution is 0.0697. The lowest BCUT2D eigenvalue weighted by Crippen LogP contribution is -2.11. The van der Waals surface area contributed by atoms with Crippen LogP contribution in [0.4, 0.5) is 5.69 Å². The summed E-state index contributed by atoms with van der Waals surface area (Å²) in [7, 11) is 0. The van der Waals surface area contributed by atoms with Crippen LogP contribution < -0.4 is 5.32 Å². The highest BCUT2D eigenvalue weighted by molar-refractivity contribution is 9.10. The molecular formula is C15H13BrClNO2. The molecule has 20 heavy (non-hydrogen) atoms. The van der Waals surface area contributed by atoms with Gasteiger partial charge in [0.25, 0.3) is 0 Å². The Kier molecular flexibility index (Phi) is 4.68. The molecule has 0 fully saturated rings. The molecule has 1 unspecified atom stereocenters. The molecule has 0 aliphatic rings. The van der Waals surface area contributed by atoms with Crippen molar-refractivity contribution in [3.8, 4) is 0 Å². The molecule has 2 aromatic carbocycles. The molecule has 3 nitrogen and oxygen atoms in total. The Bertz CT molecular complexity index is 628. The summed E-state index contributed by atoms with van der Waals surface area (Å²) in [4.78, 5) is 11.3. The van der Waals surface area contributed by atoms with E-state index < -0.39 is 5.97 Å². The summed E-state index contributed by atoms with van der Waals surface area (Å²) in [6.07, 6.45) is 0. The van der Waals surface area contributed by atoms with Crippen LogP contribution in [0.3, 0.4) is 0 Å². The van der Waals surface area contributed by atoms with E-state index >= 15 is 0 Å². The largest absolute Gasteiger partial charge is 0.478 e. The Balaban J connectivity index is 2.28. The molecule has 0 aromatic heterocycles. The Hall–Kier alpha value is -1.52. The Morgan fingerprint density at radius 3 is 2.50 bits per heavy atom. The van der Waals surface area contributed by atoms with E-state index in [4.69, 9.17) is 11.6 Å². The van der Waals surface area contributed by atoms with Crippen LogP contribution in [0.15, 0.2) is 46.9 Å². The maximum Gasteiger partial charge on any atom is 0.338 e. The van der Waals surface area contributed by atoms with Crippen molar-refractivity contribution >= 4 is 39.2 Å². The van der Waals surface area contributed by atoms with Crippen LogP contribution >= 0.6 is 27.5 Å². The van der Waals surface area contributed by atoms with Crippen molar-refractivity contribution in [1.29, 1.82) is 0 Å². The molecule has 5 heteroatoms. The molecule has 0 aliphatic heterocycles. The van der Waals surface area contributed by atoms with Gasteiger partial charge in [-0.15, -0.1) is 0 Å². The van der Waals surface area contributed by atoms with Gasteiger partial charge in [-0.3, -0.25) is 0 Å². The van der Waals surface area contributed by atoms with E-state index in [9.17, 15) is 9.90 Å². The average Bonchev–Trinajstić information content (AvgIpc) is 2.39. The zero-order valence-electron chi connectivity index (χ0n) is 10.7. The highest BCUT2D eigenvalue weighted by Crippen LogP contribution is 2.28. The van der Waals surface area contributed by atoms with Gasteiger partial charge in [-0.2, -0.15) is 0 Å². The Labute approximate surface area is 130 Å². The minimum Gasteiger partial charge on any atom is -0.478 e. The third-order valence-electron chi connectivity index (χ3n) is 2.97. The SMILES string of the molecule is CC(Nc1cccc(Br)c1C(=O)O)c1ccc(Cl)cc1. The van der Waals surface area contributed by atoms with E-state index in [1.165, 1.54) is 0 Å². The summed E-state index contributed by atoms with van der Waals surface area (Å²) in [5, 5.41) is 13.2. The molecular weight excluding hydrogens is 342 g/mol. The van der Waals surface area contributed by atoms with E-state index in [0.717, 1.165) is 5.56 Å². The number of carboxylic acids is 1. The van der Waals surface area contributed by atoms with Crippen LogP contribution in [-0.2, 0) is 0 Å². The molecule has 0 amide bonds. The lowest BCUT2D eigenvalue weighted by Gasteiger charge is -2.18. The number of hydrogen-bond donors (Lipinski definition) is 2. The maximum absolute atomic E-state index is 11.3. The summed E-state index contributed by atoms with van der Waals surface area (Å²) < 4.78 is 0.554. The van der Waals surface area contributed by atoms with Gasteiger partial charge in [0, 0.05) is 15.5 Å². The van der Waals surface area contributed by atoms with Crippen molar-refractivity contribution in [1.82, 2.24) is 0 Å². The fraction of sp³-hybridized carbons (Fsp3) is 0.133. The normalized spacial score (nSPS) is 11.9. The Morgan fingerprint density at radius 2 is 1.90 bits per heavy atom. The minimum atomic E-state index is -0.969. The lowest BCUT2D eigenvalue weighted by atomic mass is 10.1. The average molecular weight is 355 g/mol. The molecule has 0 spiro atoms. The monoisotopic (exact) mass is 353 g/mol. The number of rotatable bonds is 4. The van der Waals surface area contributed by atoms with E-state index in [1.54, 1.807) is 18.2 Å². The number of halogens is 2. The van der Waals surface area contributed by atoms with Crippen LogP contribution in [0.25, 0.3) is 0 Å². The number of carboxylic acid groups (broad SMARTS) is 1. The van der Waals surface area contributed by atoms with Crippen molar-refractivity contribution in [3.05, 3.63) is 63.1 Å². The van der Waals surface area contributed by atoms with Crippen molar-refractivity contribution in [2.24, 2.45) is 0 Å². The minimum absolute atomic E-state index is 0.0281. The second kappa shape index (κ2) is 6.29. The predicted octanol–water partition coefficient (Wildman–Crippen LogP) is 4.97. The first kappa shape index (κ1) is 14.9. The van der Waals surface area contributed by atoms with Crippen LogP contribution in [0.1, 0.15) is 28.9 Å². The molecule has 2 rings (SSSR count). The number of nitrogens with one attached hydrogen (secondary N) is 1. The van der Waals surface area contributed by atoms with Crippen molar-refractivity contribution in [2.45, 2.75) is 13.0 Å². The van der Waals surface area contributed by atoms with Gasteiger partial charge >= 0.3 is 5.97 Å². The standard InChI is InChI=1S/C15H13BrClNO2/c1-9(10-5-7-11(17)8-6-10)18-13-4-2-3-12(16)14(13)15(19)20/h2-9,18H,1H3,(H,19,20). The topological polar surface area (TPSA) is 49.3 Å². The number of carbonyl (C=O) groups is 1. The molecule has 0 saturated heterocycles. The quantitative estimate of drug-likeness (QED) is 0.814. The van der Waals surface area contributed by atoms with E-state index in [2.05, 4.69) is 21.2 Å². The first-order valence-corrected chi connectivity index (χ1v) is 7.20. The van der Waals surface area contributed by atoms with Gasteiger partial charge in [0.05, 0.1) is 11.3 Å². The molecule has 0 radical (unpaired) electrons. The van der Waals surface area contributed by atoms with Crippen LogP contribution in [0.2, 0.25) is 5.02 Å². The van der Waals surface area contributed by atoms with Gasteiger partial charge in [-0.05, 0) is 52.7 Å². The molecule has 0 aliphatic carbocycles. The number of hydrogen-bond acceptors (Lipinski definition) is 2. The second-order valence-electron chi connectivity index (χ2n) is 4.39. The van der Waals surface area contributed by atoms with Gasteiger partial charge in [0.2, 0.25) is 0 Å². The van der Waals surface area contributed by atoms with Gasteiger partial charge in [0.15, 0.2) is 0 Å². The zero-order chi connectivity index (χ0) is 14.7. The first-order chi connectivity index (χ1) is 9.49. The van der Waals surface area contributed by atoms with Gasteiger partial charge in [-0.25, -0.2) is 4.79 Å². The number of anilines is 1. The second-order valence-corrected chi connectivity index (χ2v) is 5.68. The van der Waals surface area contributed by atoms with Gasteiger partial charge in [0.1, 0.15) is 0 Å². The summed E-state index contributed by atoms with van der Waals surface area (Å²) >= 11 is 9.12. The molecule has 0 heterocycles. The van der Waals surface area contributed by atoms with Crippen molar-refractivity contribution < 1.29 is 9.90 Å². The maximum atomic E-state index is 11.3. The number of aromatic carboxylic acids is 1. The zero-order valence-corrected chi connectivity index (χ0v) is 13.1. The van der Waals surface area contributed by atoms with Crippen LogP contribution in [0.5, 0.6) is 0 Å². The first-order valence-electron chi connectivity index (χ1n) is 6.03. The molecule has 0 saturated carbocycles. The van der Waals surface area contributed by atoms with E-state index in [1.807, 2.05) is 31.2 Å². The Morgan fingerprint density at radius 1 is 1.25 bits per heavy atom. The van der Waals surface area contributed by atoms with Crippen molar-refractivity contribution in [2.75, 3.05) is 5.32 Å². The van der Waals surface area contributed by atoms with E-state index in [0.29, 0.717) is 15.2 Å². The number of benzene rings is 2. The highest BCUT2D eigenvalue weighted by atomic mass is 79.9. The van der Waals surface area contributed by atoms with Gasteiger partial charge in [-0.1, -0.05) is 29.8 Å².